The lowest BCUT2D eigenvalue weighted by Gasteiger charge is -2.11. The van der Waals surface area contributed by atoms with E-state index in [-0.39, 0.29) is 11.9 Å². The van der Waals surface area contributed by atoms with Crippen LogP contribution in [0.2, 0.25) is 0 Å². The number of anilines is 1. The maximum absolute atomic E-state index is 13.8. The molecule has 0 radical (unpaired) electrons. The molecule has 0 aliphatic heterocycles. The molecule has 0 amide bonds. The molecule has 2 aromatic rings. The molecule has 0 aliphatic carbocycles. The number of nitrogen functional groups attached to an aromatic ring is 1. The molecule has 0 heterocycles. The molecule has 2 N–H and O–H groups in total. The van der Waals surface area contributed by atoms with Gasteiger partial charge < -0.3 is 10.5 Å². The lowest BCUT2D eigenvalue weighted by molar-refractivity contribution is 0.242. The number of ether oxygens (including phenoxy) is 1. The summed E-state index contributed by atoms with van der Waals surface area (Å²) in [6, 6.07) is 11.9. The van der Waals surface area contributed by atoms with E-state index in [1.807, 2.05) is 38.1 Å². The van der Waals surface area contributed by atoms with Crippen LogP contribution in [-0.2, 0) is 0 Å². The predicted octanol–water partition coefficient (Wildman–Crippen LogP) is 3.86. The second kappa shape index (κ2) is 5.08. The summed E-state index contributed by atoms with van der Waals surface area (Å²) in [4.78, 5) is 0. The lowest BCUT2D eigenvalue weighted by atomic mass is 10.0. The molecule has 2 nitrogen and oxygen atoms in total. The van der Waals surface area contributed by atoms with Gasteiger partial charge in [-0.15, -0.1) is 0 Å². The maximum atomic E-state index is 13.8. The van der Waals surface area contributed by atoms with Crippen LogP contribution in [0, 0.1) is 5.82 Å². The number of rotatable bonds is 3. The molecule has 3 heteroatoms. The van der Waals surface area contributed by atoms with Crippen LogP contribution >= 0.6 is 0 Å². The zero-order valence-corrected chi connectivity index (χ0v) is 10.5. The molecule has 0 bridgehead atoms. The van der Waals surface area contributed by atoms with Gasteiger partial charge in [0.1, 0.15) is 11.6 Å². The van der Waals surface area contributed by atoms with Crippen molar-refractivity contribution in [3.8, 4) is 16.9 Å². The number of hydrogen-bond donors (Lipinski definition) is 1. The molecule has 18 heavy (non-hydrogen) atoms. The zero-order chi connectivity index (χ0) is 13.1. The van der Waals surface area contributed by atoms with Crippen molar-refractivity contribution >= 4 is 5.69 Å². The highest BCUT2D eigenvalue weighted by molar-refractivity contribution is 5.69. The first-order valence-electron chi connectivity index (χ1n) is 5.88. The van der Waals surface area contributed by atoms with Gasteiger partial charge in [-0.2, -0.15) is 0 Å². The second-order valence-corrected chi connectivity index (χ2v) is 4.43. The molecule has 0 spiro atoms. The van der Waals surface area contributed by atoms with Crippen molar-refractivity contribution in [3.63, 3.8) is 0 Å². The Kier molecular flexibility index (Phi) is 3.51. The third-order valence-corrected chi connectivity index (χ3v) is 2.51. The van der Waals surface area contributed by atoms with Crippen LogP contribution in [0.4, 0.5) is 10.1 Å². The topological polar surface area (TPSA) is 35.2 Å². The lowest BCUT2D eigenvalue weighted by Crippen LogP contribution is -2.05. The Morgan fingerprint density at radius 1 is 1.11 bits per heavy atom. The minimum absolute atomic E-state index is 0.0888. The molecule has 0 saturated carbocycles. The smallest absolute Gasteiger partial charge is 0.131 e. The zero-order valence-electron chi connectivity index (χ0n) is 10.5. The molecular weight excluding hydrogens is 229 g/mol. The van der Waals surface area contributed by atoms with Crippen LogP contribution < -0.4 is 10.5 Å². The minimum Gasteiger partial charge on any atom is -0.491 e. The van der Waals surface area contributed by atoms with Gasteiger partial charge in [0.25, 0.3) is 0 Å². The third-order valence-electron chi connectivity index (χ3n) is 2.51. The Balaban J connectivity index is 2.41. The summed E-state index contributed by atoms with van der Waals surface area (Å²) in [5.74, 6) is 0.440. The summed E-state index contributed by atoms with van der Waals surface area (Å²) < 4.78 is 19.3. The Morgan fingerprint density at radius 2 is 1.89 bits per heavy atom. The minimum atomic E-state index is -0.286. The summed E-state index contributed by atoms with van der Waals surface area (Å²) in [5, 5.41) is 0. The number of nitrogens with two attached hydrogens (primary N) is 1. The fraction of sp³-hybridized carbons (Fsp3) is 0.200. The van der Waals surface area contributed by atoms with Crippen LogP contribution in [0.15, 0.2) is 42.5 Å². The Morgan fingerprint density at radius 3 is 2.61 bits per heavy atom. The molecular formula is C15H16FNO. The van der Waals surface area contributed by atoms with E-state index in [1.54, 1.807) is 12.1 Å². The van der Waals surface area contributed by atoms with E-state index < -0.39 is 0 Å². The van der Waals surface area contributed by atoms with Gasteiger partial charge >= 0.3 is 0 Å². The number of halogens is 1. The average Bonchev–Trinajstić information content (AvgIpc) is 2.32. The largest absolute Gasteiger partial charge is 0.491 e. The van der Waals surface area contributed by atoms with Gasteiger partial charge in [-0.05, 0) is 49.7 Å². The van der Waals surface area contributed by atoms with Gasteiger partial charge in [-0.3, -0.25) is 0 Å². The van der Waals surface area contributed by atoms with Crippen LogP contribution in [0.25, 0.3) is 11.1 Å². The first-order chi connectivity index (χ1) is 8.56. The Hall–Kier alpha value is -2.03. The first kappa shape index (κ1) is 12.4. The first-order valence-corrected chi connectivity index (χ1v) is 5.88. The van der Waals surface area contributed by atoms with Crippen LogP contribution in [-0.4, -0.2) is 6.10 Å². The Labute approximate surface area is 106 Å². The van der Waals surface area contributed by atoms with Gasteiger partial charge in [0.05, 0.1) is 6.10 Å². The fourth-order valence-corrected chi connectivity index (χ4v) is 1.77. The van der Waals surface area contributed by atoms with Crippen molar-refractivity contribution in [2.24, 2.45) is 0 Å². The van der Waals surface area contributed by atoms with E-state index in [9.17, 15) is 4.39 Å². The van der Waals surface area contributed by atoms with Crippen LogP contribution in [0.5, 0.6) is 5.75 Å². The van der Waals surface area contributed by atoms with Gasteiger partial charge in [0, 0.05) is 11.3 Å². The molecule has 94 valence electrons. The van der Waals surface area contributed by atoms with Crippen molar-refractivity contribution in [2.45, 2.75) is 20.0 Å². The molecule has 2 rings (SSSR count). The third kappa shape index (κ3) is 2.80. The van der Waals surface area contributed by atoms with Crippen molar-refractivity contribution in [1.29, 1.82) is 0 Å². The molecule has 2 aromatic carbocycles. The predicted molar refractivity (Wildman–Crippen MR) is 72.0 cm³/mol. The Bertz CT molecular complexity index is 552. The average molecular weight is 245 g/mol. The van der Waals surface area contributed by atoms with E-state index >= 15 is 0 Å². The monoisotopic (exact) mass is 245 g/mol. The van der Waals surface area contributed by atoms with Crippen molar-refractivity contribution in [1.82, 2.24) is 0 Å². The summed E-state index contributed by atoms with van der Waals surface area (Å²) in [6.07, 6.45) is 0.0888. The standard InChI is InChI=1S/C15H16FNO/c1-10(2)18-13-5-3-4-11(8-13)14-9-12(17)6-7-15(14)16/h3-10H,17H2,1-2H3. The quantitative estimate of drug-likeness (QED) is 0.833. The highest BCUT2D eigenvalue weighted by Crippen LogP contribution is 2.28. The van der Waals surface area contributed by atoms with Gasteiger partial charge in [-0.25, -0.2) is 4.39 Å². The maximum Gasteiger partial charge on any atom is 0.131 e. The molecule has 0 aromatic heterocycles. The normalized spacial score (nSPS) is 10.7. The summed E-state index contributed by atoms with van der Waals surface area (Å²) in [6.45, 7) is 3.90. The van der Waals surface area contributed by atoms with Crippen LogP contribution in [0.3, 0.4) is 0 Å². The van der Waals surface area contributed by atoms with Crippen LogP contribution in [0.1, 0.15) is 13.8 Å². The molecule has 0 unspecified atom stereocenters. The number of benzene rings is 2. The van der Waals surface area contributed by atoms with Crippen molar-refractivity contribution in [3.05, 3.63) is 48.3 Å². The SMILES string of the molecule is CC(C)Oc1cccc(-c2cc(N)ccc2F)c1. The van der Waals surface area contributed by atoms with Crippen molar-refractivity contribution < 1.29 is 9.13 Å². The van der Waals surface area contributed by atoms with Gasteiger partial charge in [-0.1, -0.05) is 12.1 Å². The number of hydrogen-bond acceptors (Lipinski definition) is 2. The molecule has 0 atom stereocenters. The molecule has 0 saturated heterocycles. The second-order valence-electron chi connectivity index (χ2n) is 4.43. The van der Waals surface area contributed by atoms with Gasteiger partial charge in [0.2, 0.25) is 0 Å². The summed E-state index contributed by atoms with van der Waals surface area (Å²) in [7, 11) is 0. The fourth-order valence-electron chi connectivity index (χ4n) is 1.77. The van der Waals surface area contributed by atoms with E-state index in [1.165, 1.54) is 6.07 Å². The molecule has 0 aliphatic rings. The van der Waals surface area contributed by atoms with Crippen molar-refractivity contribution in [2.75, 3.05) is 5.73 Å². The van der Waals surface area contributed by atoms with E-state index in [2.05, 4.69) is 0 Å². The van der Waals surface area contributed by atoms with E-state index in [4.69, 9.17) is 10.5 Å². The highest BCUT2D eigenvalue weighted by Gasteiger charge is 2.07. The summed E-state index contributed by atoms with van der Waals surface area (Å²) >= 11 is 0. The highest BCUT2D eigenvalue weighted by atomic mass is 19.1. The van der Waals surface area contributed by atoms with E-state index in [0.717, 1.165) is 11.3 Å². The van der Waals surface area contributed by atoms with Gasteiger partial charge in [0.15, 0.2) is 0 Å². The summed E-state index contributed by atoms with van der Waals surface area (Å²) in [5.41, 5.74) is 7.48. The van der Waals surface area contributed by atoms with E-state index in [0.29, 0.717) is 11.3 Å². The molecule has 0 fully saturated rings.